The maximum atomic E-state index is 5.81. The second-order valence-electron chi connectivity index (χ2n) is 6.94. The molecule has 1 aromatic rings. The highest BCUT2D eigenvalue weighted by atomic mass is 16.6. The van der Waals surface area contributed by atoms with Crippen LogP contribution in [0.5, 0.6) is 0 Å². The van der Waals surface area contributed by atoms with Gasteiger partial charge in [-0.3, -0.25) is 0 Å². The predicted molar refractivity (Wildman–Crippen MR) is 94.7 cm³/mol. The lowest BCUT2D eigenvalue weighted by Gasteiger charge is -2.16. The van der Waals surface area contributed by atoms with Crippen molar-refractivity contribution < 1.29 is 28.4 Å². The number of benzene rings is 1. The molecule has 3 unspecified atom stereocenters. The summed E-state index contributed by atoms with van der Waals surface area (Å²) in [7, 11) is 0. The van der Waals surface area contributed by atoms with Gasteiger partial charge in [-0.1, -0.05) is 24.8 Å². The molecule has 142 valence electrons. The maximum absolute atomic E-state index is 5.81. The van der Waals surface area contributed by atoms with Crippen LogP contribution in [0.3, 0.4) is 0 Å². The summed E-state index contributed by atoms with van der Waals surface area (Å²) >= 11 is 0. The average Bonchev–Trinajstić information content (AvgIpc) is 3.46. The zero-order valence-corrected chi connectivity index (χ0v) is 15.0. The van der Waals surface area contributed by atoms with Crippen molar-refractivity contribution in [2.45, 2.75) is 38.1 Å². The van der Waals surface area contributed by atoms with Gasteiger partial charge in [0.05, 0.1) is 59.5 Å². The first-order valence-corrected chi connectivity index (χ1v) is 9.17. The van der Waals surface area contributed by atoms with Gasteiger partial charge >= 0.3 is 0 Å². The summed E-state index contributed by atoms with van der Waals surface area (Å²) in [4.78, 5) is 0. The Morgan fingerprint density at radius 1 is 0.808 bits per heavy atom. The topological polar surface area (TPSA) is 65.3 Å². The number of epoxide rings is 3. The highest BCUT2D eigenvalue weighted by molar-refractivity contribution is 5.57. The Morgan fingerprint density at radius 2 is 1.23 bits per heavy atom. The third kappa shape index (κ3) is 5.61. The Kier molecular flexibility index (Phi) is 5.99. The molecule has 4 rings (SSSR count). The van der Waals surface area contributed by atoms with E-state index in [1.807, 2.05) is 6.08 Å². The van der Waals surface area contributed by atoms with Crippen LogP contribution in [-0.4, -0.2) is 58.0 Å². The fourth-order valence-electron chi connectivity index (χ4n) is 2.84. The summed E-state index contributed by atoms with van der Waals surface area (Å²) in [5.74, 6) is 0. The van der Waals surface area contributed by atoms with E-state index < -0.39 is 0 Å². The van der Waals surface area contributed by atoms with Crippen LogP contribution >= 0.6 is 0 Å². The number of rotatable bonds is 13. The maximum Gasteiger partial charge on any atom is 0.104 e. The largest absolute Gasteiger partial charge is 0.374 e. The van der Waals surface area contributed by atoms with Crippen LogP contribution in [0.25, 0.3) is 6.08 Å². The summed E-state index contributed by atoms with van der Waals surface area (Å²) in [6, 6.07) is 4.26. The summed E-state index contributed by atoms with van der Waals surface area (Å²) in [5.41, 5.74) is 4.39. The normalized spacial score (nSPS) is 25.9. The Hall–Kier alpha value is -1.28. The van der Waals surface area contributed by atoms with E-state index in [1.54, 1.807) is 0 Å². The molecule has 0 spiro atoms. The molecule has 3 fully saturated rings. The lowest BCUT2D eigenvalue weighted by Crippen LogP contribution is -2.08. The van der Waals surface area contributed by atoms with Crippen LogP contribution in [0.4, 0.5) is 0 Å². The van der Waals surface area contributed by atoms with E-state index in [9.17, 15) is 0 Å². The minimum Gasteiger partial charge on any atom is -0.374 e. The van der Waals surface area contributed by atoms with Gasteiger partial charge in [0.2, 0.25) is 0 Å². The zero-order valence-electron chi connectivity index (χ0n) is 15.0. The minimum absolute atomic E-state index is 0.258. The standard InChI is InChI=1S/C20H26O6/c1-2-20-15(6-22-9-18-12-25-18)3-14(5-21-8-17-11-24-17)4-16(20)7-23-10-19-13-26-19/h2-4,17-19H,1,5-13H2. The molecule has 0 radical (unpaired) electrons. The third-order valence-electron chi connectivity index (χ3n) is 4.52. The molecule has 3 atom stereocenters. The van der Waals surface area contributed by atoms with Crippen molar-refractivity contribution in [1.82, 2.24) is 0 Å². The van der Waals surface area contributed by atoms with Crippen molar-refractivity contribution in [3.63, 3.8) is 0 Å². The Balaban J connectivity index is 1.42. The first-order valence-electron chi connectivity index (χ1n) is 9.17. The van der Waals surface area contributed by atoms with Gasteiger partial charge in [0.25, 0.3) is 0 Å². The lowest BCUT2D eigenvalue weighted by molar-refractivity contribution is 0.0968. The van der Waals surface area contributed by atoms with Crippen LogP contribution in [0.2, 0.25) is 0 Å². The molecule has 1 aromatic carbocycles. The van der Waals surface area contributed by atoms with Crippen molar-refractivity contribution >= 4 is 6.08 Å². The van der Waals surface area contributed by atoms with Gasteiger partial charge < -0.3 is 28.4 Å². The van der Waals surface area contributed by atoms with Crippen molar-refractivity contribution in [3.05, 3.63) is 41.0 Å². The molecule has 6 heteroatoms. The summed E-state index contributed by atoms with van der Waals surface area (Å²) in [6.07, 6.45) is 2.66. The molecule has 3 aliphatic rings. The summed E-state index contributed by atoms with van der Waals surface area (Å²) in [5, 5.41) is 0. The fraction of sp³-hybridized carbons (Fsp3) is 0.600. The van der Waals surface area contributed by atoms with Crippen LogP contribution < -0.4 is 0 Å². The first kappa shape index (κ1) is 18.1. The van der Waals surface area contributed by atoms with Crippen molar-refractivity contribution in [2.75, 3.05) is 39.6 Å². The van der Waals surface area contributed by atoms with E-state index >= 15 is 0 Å². The van der Waals surface area contributed by atoms with E-state index in [0.717, 1.165) is 42.1 Å². The second-order valence-corrected chi connectivity index (χ2v) is 6.94. The van der Waals surface area contributed by atoms with Crippen LogP contribution in [0.15, 0.2) is 18.7 Å². The minimum atomic E-state index is 0.258. The molecule has 0 bridgehead atoms. The van der Waals surface area contributed by atoms with Crippen molar-refractivity contribution in [3.8, 4) is 0 Å². The summed E-state index contributed by atoms with van der Waals surface area (Å²) < 4.78 is 33.0. The van der Waals surface area contributed by atoms with Crippen LogP contribution in [0, 0.1) is 0 Å². The van der Waals surface area contributed by atoms with Gasteiger partial charge in [-0.2, -0.15) is 0 Å². The molecule has 3 aliphatic heterocycles. The number of hydrogen-bond acceptors (Lipinski definition) is 6. The van der Waals surface area contributed by atoms with Gasteiger partial charge in [-0.15, -0.1) is 0 Å². The summed E-state index contributed by atoms with van der Waals surface area (Å²) in [6.45, 7) is 9.88. The van der Waals surface area contributed by atoms with E-state index in [-0.39, 0.29) is 18.3 Å². The molecule has 0 saturated carbocycles. The van der Waals surface area contributed by atoms with Crippen molar-refractivity contribution in [1.29, 1.82) is 0 Å². The Morgan fingerprint density at radius 3 is 1.62 bits per heavy atom. The molecule has 0 aliphatic carbocycles. The van der Waals surface area contributed by atoms with Gasteiger partial charge in [0.1, 0.15) is 18.3 Å². The smallest absolute Gasteiger partial charge is 0.104 e. The molecule has 6 nitrogen and oxygen atoms in total. The van der Waals surface area contributed by atoms with Gasteiger partial charge in [-0.25, -0.2) is 0 Å². The number of ether oxygens (including phenoxy) is 6. The molecule has 3 saturated heterocycles. The lowest BCUT2D eigenvalue weighted by atomic mass is 9.98. The highest BCUT2D eigenvalue weighted by Crippen LogP contribution is 2.24. The van der Waals surface area contributed by atoms with E-state index in [0.29, 0.717) is 39.6 Å². The Labute approximate surface area is 154 Å². The SMILES string of the molecule is C=Cc1c(COCC2CO2)cc(COCC2CO2)cc1COCC1CO1. The molecule has 0 N–H and O–H groups in total. The van der Waals surface area contributed by atoms with E-state index in [4.69, 9.17) is 28.4 Å². The van der Waals surface area contributed by atoms with Gasteiger partial charge in [0.15, 0.2) is 0 Å². The van der Waals surface area contributed by atoms with Gasteiger partial charge in [0, 0.05) is 0 Å². The molecular weight excluding hydrogens is 336 g/mol. The monoisotopic (exact) mass is 362 g/mol. The van der Waals surface area contributed by atoms with E-state index in [2.05, 4.69) is 18.7 Å². The Bertz CT molecular complexity index is 580. The molecule has 3 heterocycles. The quantitative estimate of drug-likeness (QED) is 0.501. The molecule has 26 heavy (non-hydrogen) atoms. The van der Waals surface area contributed by atoms with Gasteiger partial charge in [-0.05, 0) is 22.3 Å². The van der Waals surface area contributed by atoms with E-state index in [1.165, 1.54) is 0 Å². The van der Waals surface area contributed by atoms with Crippen LogP contribution in [0.1, 0.15) is 22.3 Å². The first-order chi connectivity index (χ1) is 12.8. The fourth-order valence-corrected chi connectivity index (χ4v) is 2.84. The predicted octanol–water partition coefficient (Wildman–Crippen LogP) is 2.08. The number of hydrogen-bond donors (Lipinski definition) is 0. The highest BCUT2D eigenvalue weighted by Gasteiger charge is 2.24. The average molecular weight is 362 g/mol. The molecule has 0 amide bonds. The zero-order chi connectivity index (χ0) is 17.8. The van der Waals surface area contributed by atoms with Crippen molar-refractivity contribution in [2.24, 2.45) is 0 Å². The molecular formula is C20H26O6. The second kappa shape index (κ2) is 8.61. The van der Waals surface area contributed by atoms with Crippen LogP contribution in [-0.2, 0) is 48.2 Å². The molecule has 0 aromatic heterocycles. The third-order valence-corrected chi connectivity index (χ3v) is 4.52.